The molecule has 2 aromatic rings. The van der Waals surface area contributed by atoms with E-state index in [9.17, 15) is 13.2 Å². The molecule has 1 aliphatic rings. The summed E-state index contributed by atoms with van der Waals surface area (Å²) in [7, 11) is -2.31. The number of methoxy groups -OCH3 is 1. The fourth-order valence-electron chi connectivity index (χ4n) is 3.67. The molecule has 1 aliphatic heterocycles. The second-order valence-electron chi connectivity index (χ2n) is 7.25. The van der Waals surface area contributed by atoms with Gasteiger partial charge in [0, 0.05) is 6.54 Å². The number of carbonyl (C=O) groups excluding carboxylic acids is 1. The van der Waals surface area contributed by atoms with Crippen LogP contribution in [-0.2, 0) is 14.8 Å². The summed E-state index contributed by atoms with van der Waals surface area (Å²) in [6.07, 6.45) is 3.38. The monoisotopic (exact) mass is 431 g/mol. The van der Waals surface area contributed by atoms with Gasteiger partial charge >= 0.3 is 0 Å². The van der Waals surface area contributed by atoms with E-state index in [2.05, 4.69) is 10.2 Å². The van der Waals surface area contributed by atoms with E-state index in [1.165, 1.54) is 30.0 Å². The molecule has 30 heavy (non-hydrogen) atoms. The molecule has 7 nitrogen and oxygen atoms in total. The maximum atomic E-state index is 13.3. The Labute approximate surface area is 178 Å². The topological polar surface area (TPSA) is 79.0 Å². The van der Waals surface area contributed by atoms with Crippen molar-refractivity contribution in [3.63, 3.8) is 0 Å². The molecule has 0 aliphatic carbocycles. The van der Waals surface area contributed by atoms with Crippen LogP contribution >= 0.6 is 0 Å². The molecule has 162 valence electrons. The van der Waals surface area contributed by atoms with E-state index in [4.69, 9.17) is 4.74 Å². The molecule has 0 unspecified atom stereocenters. The lowest BCUT2D eigenvalue weighted by Gasteiger charge is -2.26. The highest BCUT2D eigenvalue weighted by Crippen LogP contribution is 2.30. The van der Waals surface area contributed by atoms with Crippen LogP contribution in [0.1, 0.15) is 26.2 Å². The molecule has 0 spiro atoms. The zero-order valence-electron chi connectivity index (χ0n) is 17.5. The van der Waals surface area contributed by atoms with Gasteiger partial charge in [-0.25, -0.2) is 8.42 Å². The maximum absolute atomic E-state index is 13.3. The fraction of sp³-hybridized carbons (Fsp3) is 0.409. The number of hydrogen-bond donors (Lipinski definition) is 1. The summed E-state index contributed by atoms with van der Waals surface area (Å²) in [5, 5.41) is 2.83. The van der Waals surface area contributed by atoms with Crippen molar-refractivity contribution < 1.29 is 17.9 Å². The SMILES string of the molecule is CCN(c1ccccc1)S(=O)(=O)c1ccc(OC)c(NC(=O)CN2CCCCC2)c1. The van der Waals surface area contributed by atoms with Crippen molar-refractivity contribution >= 4 is 27.3 Å². The second kappa shape index (κ2) is 9.95. The second-order valence-corrected chi connectivity index (χ2v) is 9.11. The zero-order chi connectivity index (χ0) is 21.6. The number of hydrogen-bond acceptors (Lipinski definition) is 5. The molecular formula is C22H29N3O4S. The molecule has 1 N–H and O–H groups in total. The Morgan fingerprint density at radius 2 is 1.80 bits per heavy atom. The number of ether oxygens (including phenoxy) is 1. The lowest BCUT2D eigenvalue weighted by molar-refractivity contribution is -0.117. The lowest BCUT2D eigenvalue weighted by atomic mass is 10.1. The van der Waals surface area contributed by atoms with E-state index in [0.29, 0.717) is 17.1 Å². The summed E-state index contributed by atoms with van der Waals surface area (Å²) in [4.78, 5) is 14.8. The highest BCUT2D eigenvalue weighted by molar-refractivity contribution is 7.92. The van der Waals surface area contributed by atoms with Crippen LogP contribution < -0.4 is 14.4 Å². The third kappa shape index (κ3) is 5.12. The minimum absolute atomic E-state index is 0.0993. The van der Waals surface area contributed by atoms with Gasteiger partial charge in [-0.05, 0) is 63.2 Å². The summed E-state index contributed by atoms with van der Waals surface area (Å²) in [5.41, 5.74) is 0.941. The van der Waals surface area contributed by atoms with E-state index in [1.807, 2.05) is 6.07 Å². The molecule has 0 atom stereocenters. The molecule has 1 fully saturated rings. The van der Waals surface area contributed by atoms with Gasteiger partial charge in [0.1, 0.15) is 5.75 Å². The normalized spacial score (nSPS) is 14.9. The van der Waals surface area contributed by atoms with Crippen LogP contribution in [0.2, 0.25) is 0 Å². The zero-order valence-corrected chi connectivity index (χ0v) is 18.3. The standard InChI is InChI=1S/C22H29N3O4S/c1-3-25(18-10-6-4-7-11-18)30(27,28)19-12-13-21(29-2)20(16-19)23-22(26)17-24-14-8-5-9-15-24/h4,6-7,10-13,16H,3,5,8-9,14-15,17H2,1-2H3,(H,23,26). The number of para-hydroxylation sites is 1. The number of likely N-dealkylation sites (tertiary alicyclic amines) is 1. The highest BCUT2D eigenvalue weighted by Gasteiger charge is 2.25. The van der Waals surface area contributed by atoms with Gasteiger partial charge in [-0.15, -0.1) is 0 Å². The van der Waals surface area contributed by atoms with Crippen LogP contribution in [0.5, 0.6) is 5.75 Å². The number of rotatable bonds is 8. The first-order chi connectivity index (χ1) is 14.5. The molecule has 0 radical (unpaired) electrons. The minimum Gasteiger partial charge on any atom is -0.495 e. The van der Waals surface area contributed by atoms with Crippen molar-refractivity contribution in [2.24, 2.45) is 0 Å². The fourth-order valence-corrected chi connectivity index (χ4v) is 5.17. The molecule has 3 rings (SSSR count). The van der Waals surface area contributed by atoms with E-state index in [1.54, 1.807) is 37.3 Å². The first-order valence-corrected chi connectivity index (χ1v) is 11.7. The summed E-state index contributed by atoms with van der Waals surface area (Å²) in [6, 6.07) is 13.5. The average molecular weight is 432 g/mol. The molecule has 8 heteroatoms. The maximum Gasteiger partial charge on any atom is 0.264 e. The quantitative estimate of drug-likeness (QED) is 0.694. The van der Waals surface area contributed by atoms with Crippen LogP contribution in [0, 0.1) is 0 Å². The predicted octanol–water partition coefficient (Wildman–Crippen LogP) is 3.33. The molecule has 0 bridgehead atoms. The Morgan fingerprint density at radius 3 is 2.43 bits per heavy atom. The van der Waals surface area contributed by atoms with Crippen LogP contribution in [0.3, 0.4) is 0 Å². The first-order valence-electron chi connectivity index (χ1n) is 10.2. The number of nitrogens with one attached hydrogen (secondary N) is 1. The van der Waals surface area contributed by atoms with Gasteiger partial charge in [0.2, 0.25) is 5.91 Å². The van der Waals surface area contributed by atoms with Crippen molar-refractivity contribution in [1.29, 1.82) is 0 Å². The smallest absolute Gasteiger partial charge is 0.264 e. The van der Waals surface area contributed by atoms with Gasteiger partial charge in [-0.1, -0.05) is 24.6 Å². The molecular weight excluding hydrogens is 402 g/mol. The van der Waals surface area contributed by atoms with Gasteiger partial charge in [-0.3, -0.25) is 14.0 Å². The van der Waals surface area contributed by atoms with Crippen molar-refractivity contribution in [3.05, 3.63) is 48.5 Å². The lowest BCUT2D eigenvalue weighted by Crippen LogP contribution is -2.37. The number of anilines is 2. The summed E-state index contributed by atoms with van der Waals surface area (Å²) in [5.74, 6) is 0.240. The van der Waals surface area contributed by atoms with E-state index < -0.39 is 10.0 Å². The third-order valence-corrected chi connectivity index (χ3v) is 7.08. The molecule has 2 aromatic carbocycles. The average Bonchev–Trinajstić information content (AvgIpc) is 2.75. The predicted molar refractivity (Wildman–Crippen MR) is 119 cm³/mol. The molecule has 1 amide bonds. The summed E-state index contributed by atoms with van der Waals surface area (Å²) < 4.78 is 33.2. The molecule has 1 saturated heterocycles. The third-order valence-electron chi connectivity index (χ3n) is 5.18. The van der Waals surface area contributed by atoms with Crippen LogP contribution in [0.25, 0.3) is 0 Å². The first kappa shape index (κ1) is 22.1. The number of nitrogens with zero attached hydrogens (tertiary/aromatic N) is 2. The van der Waals surface area contributed by atoms with Crippen LogP contribution in [0.15, 0.2) is 53.4 Å². The highest BCUT2D eigenvalue weighted by atomic mass is 32.2. The summed E-state index contributed by atoms with van der Waals surface area (Å²) in [6.45, 7) is 4.17. The van der Waals surface area contributed by atoms with Crippen molar-refractivity contribution in [3.8, 4) is 5.75 Å². The Balaban J connectivity index is 1.84. The number of piperidine rings is 1. The Bertz CT molecular complexity index is 958. The van der Waals surface area contributed by atoms with Gasteiger partial charge in [0.15, 0.2) is 0 Å². The van der Waals surface area contributed by atoms with Gasteiger partial charge in [-0.2, -0.15) is 0 Å². The number of sulfonamides is 1. The molecule has 1 heterocycles. The minimum atomic E-state index is -3.80. The number of carbonyl (C=O) groups is 1. The number of benzene rings is 2. The summed E-state index contributed by atoms with van der Waals surface area (Å²) >= 11 is 0. The van der Waals surface area contributed by atoms with Gasteiger partial charge < -0.3 is 10.1 Å². The largest absolute Gasteiger partial charge is 0.495 e. The van der Waals surface area contributed by atoms with Crippen LogP contribution in [-0.4, -0.2) is 52.5 Å². The Kier molecular flexibility index (Phi) is 7.33. The molecule has 0 aromatic heterocycles. The van der Waals surface area contributed by atoms with Crippen molar-refractivity contribution in [2.75, 3.05) is 42.9 Å². The van der Waals surface area contributed by atoms with E-state index >= 15 is 0 Å². The van der Waals surface area contributed by atoms with Gasteiger partial charge in [0.05, 0.1) is 29.9 Å². The van der Waals surface area contributed by atoms with Crippen molar-refractivity contribution in [2.45, 2.75) is 31.1 Å². The van der Waals surface area contributed by atoms with Gasteiger partial charge in [0.25, 0.3) is 10.0 Å². The van der Waals surface area contributed by atoms with E-state index in [-0.39, 0.29) is 23.9 Å². The van der Waals surface area contributed by atoms with E-state index in [0.717, 1.165) is 25.9 Å². The van der Waals surface area contributed by atoms with Crippen LogP contribution in [0.4, 0.5) is 11.4 Å². The van der Waals surface area contributed by atoms with Crippen molar-refractivity contribution in [1.82, 2.24) is 4.90 Å². The molecule has 0 saturated carbocycles. The Morgan fingerprint density at radius 1 is 1.10 bits per heavy atom. The number of amides is 1. The Hall–Kier alpha value is -2.58.